The summed E-state index contributed by atoms with van der Waals surface area (Å²) in [4.78, 5) is 0. The van der Waals surface area contributed by atoms with Crippen LogP contribution < -0.4 is 5.73 Å². The van der Waals surface area contributed by atoms with Crippen LogP contribution in [0.2, 0.25) is 5.02 Å². The van der Waals surface area contributed by atoms with Crippen molar-refractivity contribution in [2.75, 3.05) is 6.54 Å². The zero-order valence-electron chi connectivity index (χ0n) is 8.09. The van der Waals surface area contributed by atoms with Crippen molar-refractivity contribution in [1.82, 2.24) is 0 Å². The van der Waals surface area contributed by atoms with E-state index in [9.17, 15) is 0 Å². The predicted octanol–water partition coefficient (Wildman–Crippen LogP) is 2.82. The Morgan fingerprint density at radius 3 is 2.71 bits per heavy atom. The lowest BCUT2D eigenvalue weighted by atomic mass is 10.2. The van der Waals surface area contributed by atoms with E-state index in [2.05, 4.69) is 11.8 Å². The topological polar surface area (TPSA) is 26.0 Å². The smallest absolute Gasteiger partial charge is 0.0562 e. The van der Waals surface area contributed by atoms with Crippen LogP contribution >= 0.6 is 11.6 Å². The average molecular weight is 208 g/mol. The third-order valence-electron chi connectivity index (χ3n) is 1.85. The van der Waals surface area contributed by atoms with Crippen molar-refractivity contribution < 1.29 is 0 Å². The van der Waals surface area contributed by atoms with E-state index in [4.69, 9.17) is 17.3 Å². The highest BCUT2D eigenvalue weighted by Gasteiger charge is 1.91. The van der Waals surface area contributed by atoms with E-state index < -0.39 is 0 Å². The third kappa shape index (κ3) is 3.83. The number of halogens is 1. The number of benzene rings is 1. The molecule has 14 heavy (non-hydrogen) atoms. The second-order valence-corrected chi connectivity index (χ2v) is 3.43. The van der Waals surface area contributed by atoms with Gasteiger partial charge in [-0.2, -0.15) is 0 Å². The Labute approximate surface area is 90.3 Å². The van der Waals surface area contributed by atoms with E-state index in [0.717, 1.165) is 36.4 Å². The number of unbranched alkanes of at least 4 members (excludes halogenated alkanes) is 2. The number of hydrogen-bond donors (Lipinski definition) is 1. The van der Waals surface area contributed by atoms with Gasteiger partial charge in [-0.05, 0) is 31.5 Å². The molecule has 0 saturated carbocycles. The monoisotopic (exact) mass is 207 g/mol. The highest BCUT2D eigenvalue weighted by Crippen LogP contribution is 2.13. The number of rotatable bonds is 3. The van der Waals surface area contributed by atoms with Gasteiger partial charge in [0.15, 0.2) is 0 Å². The first-order chi connectivity index (χ1) is 6.84. The Balaban J connectivity index is 2.47. The molecule has 0 fully saturated rings. The maximum absolute atomic E-state index is 5.94. The molecule has 0 atom stereocenters. The maximum Gasteiger partial charge on any atom is 0.0562 e. The van der Waals surface area contributed by atoms with Crippen molar-refractivity contribution in [1.29, 1.82) is 0 Å². The zero-order valence-corrected chi connectivity index (χ0v) is 8.85. The summed E-state index contributed by atoms with van der Waals surface area (Å²) in [5.41, 5.74) is 6.28. The number of nitrogens with two attached hydrogens (primary N) is 1. The van der Waals surface area contributed by atoms with Gasteiger partial charge in [0, 0.05) is 12.0 Å². The Bertz CT molecular complexity index is 336. The van der Waals surface area contributed by atoms with Crippen molar-refractivity contribution >= 4 is 11.6 Å². The quantitative estimate of drug-likeness (QED) is 0.599. The Morgan fingerprint density at radius 2 is 2.00 bits per heavy atom. The van der Waals surface area contributed by atoms with Crippen LogP contribution in [0.3, 0.4) is 0 Å². The first-order valence-corrected chi connectivity index (χ1v) is 5.16. The second-order valence-electron chi connectivity index (χ2n) is 3.03. The Kier molecular flexibility index (Phi) is 5.14. The SMILES string of the molecule is NCCCCC#Cc1ccccc1Cl. The highest BCUT2D eigenvalue weighted by atomic mass is 35.5. The van der Waals surface area contributed by atoms with Crippen molar-refractivity contribution in [3.63, 3.8) is 0 Å². The van der Waals surface area contributed by atoms with E-state index in [-0.39, 0.29) is 0 Å². The fourth-order valence-corrected chi connectivity index (χ4v) is 1.26. The molecule has 2 heteroatoms. The Morgan fingerprint density at radius 1 is 1.21 bits per heavy atom. The van der Waals surface area contributed by atoms with Crippen LogP contribution in [0.4, 0.5) is 0 Å². The van der Waals surface area contributed by atoms with Gasteiger partial charge >= 0.3 is 0 Å². The molecule has 0 aliphatic rings. The van der Waals surface area contributed by atoms with E-state index in [0.29, 0.717) is 0 Å². The molecule has 74 valence electrons. The maximum atomic E-state index is 5.94. The summed E-state index contributed by atoms with van der Waals surface area (Å²) in [6.07, 6.45) is 2.99. The summed E-state index contributed by atoms with van der Waals surface area (Å²) in [5.74, 6) is 6.14. The molecule has 0 heterocycles. The molecule has 0 aliphatic carbocycles. The van der Waals surface area contributed by atoms with E-state index in [1.54, 1.807) is 0 Å². The molecule has 0 spiro atoms. The lowest BCUT2D eigenvalue weighted by Gasteiger charge is -1.93. The van der Waals surface area contributed by atoms with Crippen LogP contribution in [0.15, 0.2) is 24.3 Å². The number of hydrogen-bond acceptors (Lipinski definition) is 1. The van der Waals surface area contributed by atoms with Gasteiger partial charge in [-0.25, -0.2) is 0 Å². The van der Waals surface area contributed by atoms with Gasteiger partial charge in [-0.1, -0.05) is 35.6 Å². The summed E-state index contributed by atoms with van der Waals surface area (Å²) in [6, 6.07) is 7.63. The molecule has 1 rings (SSSR count). The van der Waals surface area contributed by atoms with Gasteiger partial charge in [-0.15, -0.1) is 0 Å². The van der Waals surface area contributed by atoms with Gasteiger partial charge in [0.05, 0.1) is 5.02 Å². The second kappa shape index (κ2) is 6.48. The Hall–Kier alpha value is -0.970. The molecule has 1 nitrogen and oxygen atoms in total. The fraction of sp³-hybridized carbons (Fsp3) is 0.333. The van der Waals surface area contributed by atoms with E-state index in [1.807, 2.05) is 24.3 Å². The van der Waals surface area contributed by atoms with Crippen molar-refractivity contribution in [2.24, 2.45) is 5.73 Å². The molecular weight excluding hydrogens is 194 g/mol. The predicted molar refractivity (Wildman–Crippen MR) is 61.2 cm³/mol. The van der Waals surface area contributed by atoms with E-state index >= 15 is 0 Å². The minimum absolute atomic E-state index is 0.721. The summed E-state index contributed by atoms with van der Waals surface area (Å²) in [6.45, 7) is 0.744. The van der Waals surface area contributed by atoms with Gasteiger partial charge in [-0.3, -0.25) is 0 Å². The molecule has 1 aromatic rings. The van der Waals surface area contributed by atoms with Crippen LogP contribution in [0.25, 0.3) is 0 Å². The summed E-state index contributed by atoms with van der Waals surface area (Å²) >= 11 is 5.94. The average Bonchev–Trinajstić information content (AvgIpc) is 2.20. The standard InChI is InChI=1S/C12H14ClN/c13-12-9-5-4-8-11(12)7-3-1-2-6-10-14/h4-5,8-9H,1-2,6,10,14H2. The van der Waals surface area contributed by atoms with Gasteiger partial charge < -0.3 is 5.73 Å². The molecule has 1 aromatic carbocycles. The van der Waals surface area contributed by atoms with E-state index in [1.165, 1.54) is 0 Å². The lowest BCUT2D eigenvalue weighted by molar-refractivity contribution is 0.768. The van der Waals surface area contributed by atoms with Crippen molar-refractivity contribution in [2.45, 2.75) is 19.3 Å². The largest absolute Gasteiger partial charge is 0.330 e. The molecule has 0 radical (unpaired) electrons. The fourth-order valence-electron chi connectivity index (χ4n) is 1.08. The summed E-state index contributed by atoms with van der Waals surface area (Å²) in [5, 5.41) is 0.721. The van der Waals surface area contributed by atoms with Crippen LogP contribution in [0.5, 0.6) is 0 Å². The first-order valence-electron chi connectivity index (χ1n) is 4.78. The van der Waals surface area contributed by atoms with Crippen LogP contribution in [0, 0.1) is 11.8 Å². The molecule has 0 amide bonds. The molecular formula is C12H14ClN. The molecule has 0 aromatic heterocycles. The van der Waals surface area contributed by atoms with Gasteiger partial charge in [0.2, 0.25) is 0 Å². The first kappa shape index (κ1) is 11.1. The van der Waals surface area contributed by atoms with Crippen molar-refractivity contribution in [3.05, 3.63) is 34.9 Å². The zero-order chi connectivity index (χ0) is 10.2. The molecule has 0 aliphatic heterocycles. The molecule has 0 bridgehead atoms. The molecule has 0 unspecified atom stereocenters. The van der Waals surface area contributed by atoms with Gasteiger partial charge in [0.25, 0.3) is 0 Å². The van der Waals surface area contributed by atoms with Crippen LogP contribution in [-0.4, -0.2) is 6.54 Å². The molecule has 2 N–H and O–H groups in total. The third-order valence-corrected chi connectivity index (χ3v) is 2.18. The van der Waals surface area contributed by atoms with Crippen LogP contribution in [-0.2, 0) is 0 Å². The summed E-state index contributed by atoms with van der Waals surface area (Å²) in [7, 11) is 0. The minimum Gasteiger partial charge on any atom is -0.330 e. The minimum atomic E-state index is 0.721. The van der Waals surface area contributed by atoms with Crippen LogP contribution in [0.1, 0.15) is 24.8 Å². The lowest BCUT2D eigenvalue weighted by Crippen LogP contribution is -1.96. The molecule has 0 saturated heterocycles. The normalized spacial score (nSPS) is 9.29. The summed E-state index contributed by atoms with van der Waals surface area (Å²) < 4.78 is 0. The van der Waals surface area contributed by atoms with Crippen molar-refractivity contribution in [3.8, 4) is 11.8 Å². The van der Waals surface area contributed by atoms with Gasteiger partial charge in [0.1, 0.15) is 0 Å². The highest BCUT2D eigenvalue weighted by molar-refractivity contribution is 6.31.